The minimum absolute atomic E-state index is 0.0515. The molecule has 6 heteroatoms. The van der Waals surface area contributed by atoms with Crippen molar-refractivity contribution in [1.82, 2.24) is 15.2 Å². The normalized spacial score (nSPS) is 14.9. The molecule has 6 nitrogen and oxygen atoms in total. The predicted molar refractivity (Wildman–Crippen MR) is 135 cm³/mol. The highest BCUT2D eigenvalue weighted by atomic mass is 16.5. The molecular formula is C28H35N3O3. The topological polar surface area (TPSA) is 74.4 Å². The second-order valence-electron chi connectivity index (χ2n) is 10.1. The first kappa shape index (κ1) is 23.9. The van der Waals surface area contributed by atoms with Crippen LogP contribution in [0.25, 0.3) is 10.9 Å². The molecule has 0 spiro atoms. The zero-order chi connectivity index (χ0) is 24.3. The van der Waals surface area contributed by atoms with Gasteiger partial charge < -0.3 is 19.9 Å². The van der Waals surface area contributed by atoms with E-state index in [-0.39, 0.29) is 17.2 Å². The van der Waals surface area contributed by atoms with Gasteiger partial charge in [-0.25, -0.2) is 0 Å². The highest BCUT2D eigenvalue weighted by molar-refractivity contribution is 5.94. The van der Waals surface area contributed by atoms with Gasteiger partial charge in [-0.15, -0.1) is 0 Å². The third kappa shape index (κ3) is 5.27. The van der Waals surface area contributed by atoms with E-state index in [9.17, 15) is 9.59 Å². The first-order valence-electron chi connectivity index (χ1n) is 12.1. The molecule has 1 saturated heterocycles. The molecule has 0 unspecified atom stereocenters. The Morgan fingerprint density at radius 1 is 1.09 bits per heavy atom. The number of likely N-dealkylation sites (tertiary alicyclic amines) is 1. The van der Waals surface area contributed by atoms with Crippen LogP contribution in [0.1, 0.15) is 67.4 Å². The Hall–Kier alpha value is -3.28. The molecule has 0 bridgehead atoms. The van der Waals surface area contributed by atoms with Crippen molar-refractivity contribution >= 4 is 22.7 Å². The molecule has 3 aromatic rings. The second-order valence-corrected chi connectivity index (χ2v) is 10.1. The monoisotopic (exact) mass is 461 g/mol. The summed E-state index contributed by atoms with van der Waals surface area (Å²) < 4.78 is 5.39. The number of hydrogen-bond acceptors (Lipinski definition) is 3. The van der Waals surface area contributed by atoms with E-state index in [0.29, 0.717) is 24.4 Å². The van der Waals surface area contributed by atoms with E-state index in [2.05, 4.69) is 43.3 Å². The molecule has 1 aliphatic rings. The summed E-state index contributed by atoms with van der Waals surface area (Å²) in [6.45, 7) is 8.27. The van der Waals surface area contributed by atoms with Gasteiger partial charge in [0.05, 0.1) is 7.11 Å². The van der Waals surface area contributed by atoms with Crippen LogP contribution in [0.2, 0.25) is 0 Å². The molecule has 2 amide bonds. The number of aromatic amines is 1. The van der Waals surface area contributed by atoms with Crippen molar-refractivity contribution in [3.8, 4) is 5.75 Å². The van der Waals surface area contributed by atoms with E-state index in [1.165, 1.54) is 16.5 Å². The van der Waals surface area contributed by atoms with Crippen LogP contribution >= 0.6 is 0 Å². The van der Waals surface area contributed by atoms with Crippen molar-refractivity contribution in [3.63, 3.8) is 0 Å². The number of nitrogens with zero attached hydrogens (tertiary/aromatic N) is 1. The first-order valence-corrected chi connectivity index (χ1v) is 12.1. The third-order valence-electron chi connectivity index (χ3n) is 6.85. The van der Waals surface area contributed by atoms with E-state index in [1.807, 2.05) is 41.3 Å². The standard InChI is InChI=1S/C28H35N3O3/c1-28(2,3)21-7-5-20(6-8-21)27(33)29-14-11-26(32)31-15-12-19(13-16-31)24-18-30-25-10-9-22(34-4)17-23(24)25/h5-10,17-19,30H,11-16H2,1-4H3,(H,29,33). The Morgan fingerprint density at radius 3 is 2.44 bits per heavy atom. The van der Waals surface area contributed by atoms with Crippen molar-refractivity contribution in [1.29, 1.82) is 0 Å². The van der Waals surface area contributed by atoms with E-state index in [1.54, 1.807) is 7.11 Å². The fourth-order valence-corrected chi connectivity index (χ4v) is 4.69. The molecule has 1 aromatic heterocycles. The van der Waals surface area contributed by atoms with Crippen LogP contribution in [-0.2, 0) is 10.2 Å². The molecule has 2 aromatic carbocycles. The van der Waals surface area contributed by atoms with Crippen LogP contribution < -0.4 is 10.1 Å². The van der Waals surface area contributed by atoms with Gasteiger partial charge in [0.2, 0.25) is 5.91 Å². The number of H-pyrrole nitrogens is 1. The summed E-state index contributed by atoms with van der Waals surface area (Å²) in [5.74, 6) is 1.23. The first-order chi connectivity index (χ1) is 16.3. The van der Waals surface area contributed by atoms with Crippen molar-refractivity contribution < 1.29 is 14.3 Å². The van der Waals surface area contributed by atoms with Gasteiger partial charge in [0, 0.05) is 48.7 Å². The predicted octanol–water partition coefficient (Wildman–Crippen LogP) is 5.00. The lowest BCUT2D eigenvalue weighted by Crippen LogP contribution is -2.39. The summed E-state index contributed by atoms with van der Waals surface area (Å²) in [7, 11) is 1.68. The van der Waals surface area contributed by atoms with Crippen molar-refractivity contribution in [2.75, 3.05) is 26.7 Å². The lowest BCUT2D eigenvalue weighted by molar-refractivity contribution is -0.132. The summed E-state index contributed by atoms with van der Waals surface area (Å²) in [6.07, 6.45) is 4.28. The Labute approximate surface area is 201 Å². The van der Waals surface area contributed by atoms with Crippen LogP contribution in [0.4, 0.5) is 0 Å². The molecule has 2 heterocycles. The quantitative estimate of drug-likeness (QED) is 0.542. The summed E-state index contributed by atoms with van der Waals surface area (Å²) in [5.41, 5.74) is 4.27. The average Bonchev–Trinajstić information content (AvgIpc) is 3.26. The number of carbonyl (C=O) groups excluding carboxylic acids is 2. The van der Waals surface area contributed by atoms with Crippen LogP contribution in [0.15, 0.2) is 48.7 Å². The van der Waals surface area contributed by atoms with Gasteiger partial charge in [0.25, 0.3) is 5.91 Å². The number of benzene rings is 2. The minimum atomic E-state index is -0.137. The van der Waals surface area contributed by atoms with Gasteiger partial charge in [0.1, 0.15) is 5.75 Å². The van der Waals surface area contributed by atoms with Crippen LogP contribution in [-0.4, -0.2) is 48.4 Å². The van der Waals surface area contributed by atoms with Gasteiger partial charge in [-0.3, -0.25) is 9.59 Å². The smallest absolute Gasteiger partial charge is 0.251 e. The maximum absolute atomic E-state index is 12.7. The molecule has 1 aliphatic heterocycles. The number of ether oxygens (including phenoxy) is 1. The van der Waals surface area contributed by atoms with Gasteiger partial charge in [-0.05, 0) is 65.6 Å². The Bertz CT molecular complexity index is 1150. The van der Waals surface area contributed by atoms with Gasteiger partial charge in [0.15, 0.2) is 0 Å². The summed E-state index contributed by atoms with van der Waals surface area (Å²) in [6, 6.07) is 13.8. The molecule has 0 atom stereocenters. The number of aromatic nitrogens is 1. The maximum atomic E-state index is 12.7. The number of nitrogens with one attached hydrogen (secondary N) is 2. The molecule has 180 valence electrons. The fraction of sp³-hybridized carbons (Fsp3) is 0.429. The largest absolute Gasteiger partial charge is 0.497 e. The fourth-order valence-electron chi connectivity index (χ4n) is 4.69. The highest BCUT2D eigenvalue weighted by Crippen LogP contribution is 2.34. The summed E-state index contributed by atoms with van der Waals surface area (Å²) in [4.78, 5) is 30.4. The molecule has 1 fully saturated rings. The number of fused-ring (bicyclic) bond motifs is 1. The third-order valence-corrected chi connectivity index (χ3v) is 6.85. The van der Waals surface area contributed by atoms with Crippen LogP contribution in [0.3, 0.4) is 0 Å². The van der Waals surface area contributed by atoms with E-state index in [4.69, 9.17) is 4.74 Å². The number of carbonyl (C=O) groups is 2. The van der Waals surface area contributed by atoms with Gasteiger partial charge >= 0.3 is 0 Å². The minimum Gasteiger partial charge on any atom is -0.497 e. The van der Waals surface area contributed by atoms with Crippen molar-refractivity contribution in [3.05, 3.63) is 65.4 Å². The number of amides is 2. The van der Waals surface area contributed by atoms with E-state index < -0.39 is 0 Å². The molecule has 2 N–H and O–H groups in total. The molecule has 4 rings (SSSR count). The second kappa shape index (κ2) is 9.92. The zero-order valence-electron chi connectivity index (χ0n) is 20.6. The summed E-state index contributed by atoms with van der Waals surface area (Å²) in [5, 5.41) is 4.08. The molecular weight excluding hydrogens is 426 g/mol. The molecule has 0 saturated carbocycles. The SMILES string of the molecule is COc1ccc2[nH]cc(C3CCN(C(=O)CCNC(=O)c4ccc(C(C)(C)C)cc4)CC3)c2c1. The Kier molecular flexibility index (Phi) is 6.96. The molecule has 0 aliphatic carbocycles. The molecule has 0 radical (unpaired) electrons. The van der Waals surface area contributed by atoms with Gasteiger partial charge in [-0.2, -0.15) is 0 Å². The summed E-state index contributed by atoms with van der Waals surface area (Å²) >= 11 is 0. The number of piperidine rings is 1. The molecule has 34 heavy (non-hydrogen) atoms. The number of rotatable bonds is 6. The van der Waals surface area contributed by atoms with Crippen LogP contribution in [0.5, 0.6) is 5.75 Å². The van der Waals surface area contributed by atoms with Gasteiger partial charge in [-0.1, -0.05) is 32.9 Å². The van der Waals surface area contributed by atoms with Crippen molar-refractivity contribution in [2.24, 2.45) is 0 Å². The highest BCUT2D eigenvalue weighted by Gasteiger charge is 2.25. The Morgan fingerprint density at radius 2 is 1.79 bits per heavy atom. The lowest BCUT2D eigenvalue weighted by Gasteiger charge is -2.32. The van der Waals surface area contributed by atoms with E-state index in [0.717, 1.165) is 37.2 Å². The Balaban J connectivity index is 1.25. The lowest BCUT2D eigenvalue weighted by atomic mass is 9.87. The van der Waals surface area contributed by atoms with E-state index >= 15 is 0 Å². The number of hydrogen-bond donors (Lipinski definition) is 2. The van der Waals surface area contributed by atoms with Crippen molar-refractivity contribution in [2.45, 2.75) is 51.4 Å². The zero-order valence-corrected chi connectivity index (χ0v) is 20.6. The maximum Gasteiger partial charge on any atom is 0.251 e. The van der Waals surface area contributed by atoms with Crippen LogP contribution in [0, 0.1) is 0 Å². The number of methoxy groups -OCH3 is 1. The average molecular weight is 462 g/mol.